The highest BCUT2D eigenvalue weighted by Gasteiger charge is 2.21. The van der Waals surface area contributed by atoms with E-state index in [9.17, 15) is 13.2 Å². The van der Waals surface area contributed by atoms with Crippen molar-refractivity contribution >= 4 is 15.9 Å². The van der Waals surface area contributed by atoms with E-state index >= 15 is 0 Å². The van der Waals surface area contributed by atoms with Crippen LogP contribution in [0.5, 0.6) is 0 Å². The molecule has 1 aromatic rings. The number of sulfonamides is 1. The summed E-state index contributed by atoms with van der Waals surface area (Å²) >= 11 is 0. The smallest absolute Gasteiger partial charge is 0.251 e. The van der Waals surface area contributed by atoms with Gasteiger partial charge >= 0.3 is 0 Å². The highest BCUT2D eigenvalue weighted by atomic mass is 32.2. The lowest BCUT2D eigenvalue weighted by molar-refractivity contribution is 0.0925. The minimum absolute atomic E-state index is 0.125. The number of piperidine rings is 1. The summed E-state index contributed by atoms with van der Waals surface area (Å²) in [5, 5.41) is 6.37. The standard InChI is InChI=1S/C17H27N3O3S/c1-4-12(2)20-24(22,23)16-7-5-14(6-8-16)17(21)19-15-9-10-18-13(3)11-15/h5-8,12-13,15,18,20H,4,9-11H2,1-3H3,(H,19,21). The van der Waals surface area contributed by atoms with E-state index in [2.05, 4.69) is 22.3 Å². The molecule has 0 spiro atoms. The van der Waals surface area contributed by atoms with Gasteiger partial charge in [-0.1, -0.05) is 6.92 Å². The summed E-state index contributed by atoms with van der Waals surface area (Å²) in [5.74, 6) is -0.159. The second-order valence-corrected chi connectivity index (χ2v) is 8.22. The zero-order valence-corrected chi connectivity index (χ0v) is 15.3. The van der Waals surface area contributed by atoms with Crippen LogP contribution in [0, 0.1) is 0 Å². The highest BCUT2D eigenvalue weighted by molar-refractivity contribution is 7.89. The summed E-state index contributed by atoms with van der Waals surface area (Å²) in [6.45, 7) is 6.73. The number of carbonyl (C=O) groups is 1. The minimum Gasteiger partial charge on any atom is -0.349 e. The molecule has 0 radical (unpaired) electrons. The number of benzene rings is 1. The third kappa shape index (κ3) is 5.03. The van der Waals surface area contributed by atoms with Gasteiger partial charge in [0.1, 0.15) is 0 Å². The lowest BCUT2D eigenvalue weighted by Gasteiger charge is -2.28. The molecule has 1 fully saturated rings. The number of carbonyl (C=O) groups excluding carboxylic acids is 1. The van der Waals surface area contributed by atoms with Gasteiger partial charge in [-0.2, -0.15) is 0 Å². The lowest BCUT2D eigenvalue weighted by Crippen LogP contribution is -2.46. The predicted octanol–water partition coefficient (Wildman–Crippen LogP) is 1.63. The first-order valence-corrected chi connectivity index (χ1v) is 9.96. The number of nitrogens with one attached hydrogen (secondary N) is 3. The molecule has 0 aliphatic carbocycles. The first-order chi connectivity index (χ1) is 11.3. The van der Waals surface area contributed by atoms with Gasteiger partial charge in [-0.3, -0.25) is 4.79 Å². The van der Waals surface area contributed by atoms with E-state index in [4.69, 9.17) is 0 Å². The van der Waals surface area contributed by atoms with E-state index in [-0.39, 0.29) is 22.9 Å². The first kappa shape index (κ1) is 18.9. The average Bonchev–Trinajstić information content (AvgIpc) is 2.54. The molecule has 1 aliphatic heterocycles. The topological polar surface area (TPSA) is 87.3 Å². The van der Waals surface area contributed by atoms with Gasteiger partial charge in [0.15, 0.2) is 0 Å². The van der Waals surface area contributed by atoms with Crippen molar-refractivity contribution in [3.8, 4) is 0 Å². The SMILES string of the molecule is CCC(C)NS(=O)(=O)c1ccc(C(=O)NC2CCNC(C)C2)cc1. The number of hydrogen-bond acceptors (Lipinski definition) is 4. The normalized spacial score (nSPS) is 22.8. The number of hydrogen-bond donors (Lipinski definition) is 3. The molecule has 134 valence electrons. The molecule has 2 rings (SSSR count). The molecule has 0 saturated carbocycles. The Balaban J connectivity index is 2.02. The molecule has 7 heteroatoms. The van der Waals surface area contributed by atoms with E-state index < -0.39 is 10.0 Å². The van der Waals surface area contributed by atoms with Crippen molar-refractivity contribution in [1.29, 1.82) is 0 Å². The van der Waals surface area contributed by atoms with Gasteiger partial charge in [0.25, 0.3) is 5.91 Å². The number of rotatable bonds is 6. The van der Waals surface area contributed by atoms with Crippen LogP contribution in [-0.4, -0.2) is 39.0 Å². The molecule has 0 bridgehead atoms. The van der Waals surface area contributed by atoms with Crippen LogP contribution in [0.4, 0.5) is 0 Å². The minimum atomic E-state index is -3.54. The molecule has 3 N–H and O–H groups in total. The monoisotopic (exact) mass is 353 g/mol. The second-order valence-electron chi connectivity index (χ2n) is 6.50. The quantitative estimate of drug-likeness (QED) is 0.725. The summed E-state index contributed by atoms with van der Waals surface area (Å²) in [4.78, 5) is 12.5. The van der Waals surface area contributed by atoms with Gasteiger partial charge in [0.2, 0.25) is 10.0 Å². The van der Waals surface area contributed by atoms with E-state index in [1.54, 1.807) is 12.1 Å². The van der Waals surface area contributed by atoms with Crippen molar-refractivity contribution < 1.29 is 13.2 Å². The third-order valence-corrected chi connectivity index (χ3v) is 5.96. The Morgan fingerprint density at radius 1 is 1.33 bits per heavy atom. The highest BCUT2D eigenvalue weighted by Crippen LogP contribution is 2.13. The van der Waals surface area contributed by atoms with Gasteiger partial charge in [-0.15, -0.1) is 0 Å². The third-order valence-electron chi connectivity index (χ3n) is 4.35. The maximum absolute atomic E-state index is 12.3. The zero-order chi connectivity index (χ0) is 17.7. The van der Waals surface area contributed by atoms with Crippen molar-refractivity contribution in [2.75, 3.05) is 6.54 Å². The van der Waals surface area contributed by atoms with Gasteiger partial charge in [0, 0.05) is 23.7 Å². The Bertz CT molecular complexity index is 658. The van der Waals surface area contributed by atoms with Gasteiger partial charge < -0.3 is 10.6 Å². The van der Waals surface area contributed by atoms with E-state index in [0.717, 1.165) is 19.4 Å². The Morgan fingerprint density at radius 2 is 2.00 bits per heavy atom. The zero-order valence-electron chi connectivity index (χ0n) is 14.5. The summed E-state index contributed by atoms with van der Waals surface area (Å²) in [6.07, 6.45) is 2.52. The predicted molar refractivity (Wildman–Crippen MR) is 94.5 cm³/mol. The Labute approximate surface area is 144 Å². The summed E-state index contributed by atoms with van der Waals surface area (Å²) < 4.78 is 27.0. The van der Waals surface area contributed by atoms with Crippen LogP contribution in [-0.2, 0) is 10.0 Å². The van der Waals surface area contributed by atoms with Crippen molar-refractivity contribution in [2.24, 2.45) is 0 Å². The Morgan fingerprint density at radius 3 is 2.58 bits per heavy atom. The molecule has 1 saturated heterocycles. The maximum Gasteiger partial charge on any atom is 0.251 e. The molecular weight excluding hydrogens is 326 g/mol. The van der Waals surface area contributed by atoms with Crippen LogP contribution in [0.25, 0.3) is 0 Å². The Kier molecular flexibility index (Phi) is 6.37. The molecule has 1 aromatic carbocycles. The van der Waals surface area contributed by atoms with E-state index in [0.29, 0.717) is 18.0 Å². The fourth-order valence-corrected chi connectivity index (χ4v) is 4.06. The molecule has 24 heavy (non-hydrogen) atoms. The fraction of sp³-hybridized carbons (Fsp3) is 0.588. The van der Waals surface area contributed by atoms with E-state index in [1.165, 1.54) is 12.1 Å². The molecule has 1 aliphatic rings. The second kappa shape index (κ2) is 8.09. The van der Waals surface area contributed by atoms with Crippen LogP contribution >= 0.6 is 0 Å². The largest absolute Gasteiger partial charge is 0.349 e. The van der Waals surface area contributed by atoms with Crippen LogP contribution in [0.3, 0.4) is 0 Å². The van der Waals surface area contributed by atoms with E-state index in [1.807, 2.05) is 13.8 Å². The molecule has 3 atom stereocenters. The molecule has 3 unspecified atom stereocenters. The summed E-state index contributed by atoms with van der Waals surface area (Å²) in [6, 6.07) is 6.50. The first-order valence-electron chi connectivity index (χ1n) is 8.48. The number of amides is 1. The van der Waals surface area contributed by atoms with Gasteiger partial charge in [-0.25, -0.2) is 13.1 Å². The lowest BCUT2D eigenvalue weighted by atomic mass is 10.0. The fourth-order valence-electron chi connectivity index (χ4n) is 2.73. The van der Waals surface area contributed by atoms with Crippen LogP contribution in [0.2, 0.25) is 0 Å². The van der Waals surface area contributed by atoms with Crippen molar-refractivity contribution in [1.82, 2.24) is 15.4 Å². The molecule has 0 aromatic heterocycles. The van der Waals surface area contributed by atoms with Gasteiger partial charge in [-0.05, 0) is 63.9 Å². The van der Waals surface area contributed by atoms with Crippen LogP contribution in [0.1, 0.15) is 50.4 Å². The van der Waals surface area contributed by atoms with Crippen molar-refractivity contribution in [2.45, 2.75) is 63.1 Å². The summed E-state index contributed by atoms with van der Waals surface area (Å²) in [7, 11) is -3.54. The van der Waals surface area contributed by atoms with Crippen molar-refractivity contribution in [3.05, 3.63) is 29.8 Å². The average molecular weight is 353 g/mol. The van der Waals surface area contributed by atoms with Gasteiger partial charge in [0.05, 0.1) is 4.90 Å². The maximum atomic E-state index is 12.3. The van der Waals surface area contributed by atoms with Crippen LogP contribution in [0.15, 0.2) is 29.2 Å². The molecule has 1 amide bonds. The molecule has 6 nitrogen and oxygen atoms in total. The molecule has 1 heterocycles. The van der Waals surface area contributed by atoms with Crippen molar-refractivity contribution in [3.63, 3.8) is 0 Å². The van der Waals surface area contributed by atoms with Crippen LogP contribution < -0.4 is 15.4 Å². The summed E-state index contributed by atoms with van der Waals surface area (Å²) in [5.41, 5.74) is 0.476. The molecular formula is C17H27N3O3S. The Hall–Kier alpha value is -1.44.